The first-order chi connectivity index (χ1) is 20.1. The normalized spacial score (nSPS) is 21.4. The van der Waals surface area contributed by atoms with Crippen molar-refractivity contribution < 1.29 is 36.3 Å². The predicted octanol–water partition coefficient (Wildman–Crippen LogP) is 4.82. The van der Waals surface area contributed by atoms with Gasteiger partial charge in [0.25, 0.3) is 17.7 Å². The lowest BCUT2D eigenvalue weighted by molar-refractivity contribution is -0.135. The van der Waals surface area contributed by atoms with E-state index in [1.165, 1.54) is 5.01 Å². The number of amides is 3. The fraction of sp³-hybridized carbons (Fsp3) is 0.185. The highest BCUT2D eigenvalue weighted by molar-refractivity contribution is 9.10. The van der Waals surface area contributed by atoms with Gasteiger partial charge < -0.3 is 0 Å². The number of fused-ring (bicyclic) bond motifs is 1. The molecule has 0 spiro atoms. The van der Waals surface area contributed by atoms with Crippen LogP contribution in [0.15, 0.2) is 74.5 Å². The molecule has 3 aromatic carbocycles. The van der Waals surface area contributed by atoms with Crippen molar-refractivity contribution >= 4 is 45.1 Å². The van der Waals surface area contributed by atoms with Gasteiger partial charge in [-0.1, -0.05) is 63.6 Å². The van der Waals surface area contributed by atoms with Gasteiger partial charge in [0.1, 0.15) is 12.2 Å². The Morgan fingerprint density at radius 3 is 2.12 bits per heavy atom. The summed E-state index contributed by atoms with van der Waals surface area (Å²) in [6.45, 7) is -0.630. The van der Waals surface area contributed by atoms with Crippen molar-refractivity contribution in [3.8, 4) is 0 Å². The van der Waals surface area contributed by atoms with Crippen LogP contribution >= 0.6 is 15.9 Å². The van der Waals surface area contributed by atoms with Gasteiger partial charge in [-0.25, -0.2) is 31.9 Å². The van der Waals surface area contributed by atoms with Crippen molar-refractivity contribution in [3.05, 3.63) is 99.3 Å². The van der Waals surface area contributed by atoms with E-state index in [1.807, 2.05) is 42.5 Å². The summed E-state index contributed by atoms with van der Waals surface area (Å²) in [6.07, 6.45) is 0.358. The average Bonchev–Trinajstić information content (AvgIpc) is 3.68. The quantitative estimate of drug-likeness (QED) is 0.172. The maximum atomic E-state index is 14.5. The van der Waals surface area contributed by atoms with Crippen molar-refractivity contribution in [2.75, 3.05) is 11.4 Å². The van der Waals surface area contributed by atoms with Gasteiger partial charge in [0, 0.05) is 10.9 Å². The molecule has 3 atom stereocenters. The Morgan fingerprint density at radius 2 is 1.48 bits per heavy atom. The Labute approximate surface area is 242 Å². The van der Waals surface area contributed by atoms with Crippen LogP contribution in [0.25, 0.3) is 0 Å². The molecule has 3 aliphatic rings. The minimum absolute atomic E-state index is 0.145. The number of hydrogen-bond donors (Lipinski definition) is 0. The molecule has 6 rings (SSSR count). The van der Waals surface area contributed by atoms with Gasteiger partial charge in [0.2, 0.25) is 5.82 Å². The average molecular weight is 647 g/mol. The summed E-state index contributed by atoms with van der Waals surface area (Å²) >= 11 is 3.38. The molecule has 0 radical (unpaired) electrons. The Bertz CT molecular complexity index is 1680. The third-order valence-corrected chi connectivity index (χ3v) is 7.62. The molecule has 1 saturated heterocycles. The molecule has 15 heteroatoms. The first-order valence-corrected chi connectivity index (χ1v) is 13.1. The summed E-state index contributed by atoms with van der Waals surface area (Å²) in [6, 6.07) is 12.5. The van der Waals surface area contributed by atoms with Crippen LogP contribution in [-0.4, -0.2) is 52.1 Å². The van der Waals surface area contributed by atoms with Gasteiger partial charge in [0.05, 0.1) is 11.8 Å². The van der Waals surface area contributed by atoms with E-state index in [-0.39, 0.29) is 4.90 Å². The number of hydrogen-bond acceptors (Lipinski definition) is 7. The third-order valence-electron chi connectivity index (χ3n) is 7.09. The second kappa shape index (κ2) is 10.4. The summed E-state index contributed by atoms with van der Waals surface area (Å²) in [5, 5.41) is 14.0. The molecule has 0 saturated carbocycles. The first kappa shape index (κ1) is 27.6. The zero-order valence-corrected chi connectivity index (χ0v) is 22.6. The van der Waals surface area contributed by atoms with Crippen LogP contribution in [0.5, 0.6) is 0 Å². The molecular formula is C27H16BrF5N6O3. The third kappa shape index (κ3) is 4.35. The lowest BCUT2D eigenvalue weighted by Crippen LogP contribution is -2.45. The van der Waals surface area contributed by atoms with Gasteiger partial charge in [0.15, 0.2) is 35.4 Å². The van der Waals surface area contributed by atoms with E-state index in [0.29, 0.717) is 12.1 Å². The van der Waals surface area contributed by atoms with Crippen LogP contribution in [0, 0.1) is 29.1 Å². The molecule has 0 aromatic heterocycles. The molecule has 1 fully saturated rings. The number of nitrogens with zero attached hydrogens (tertiary/aromatic N) is 6. The molecule has 0 unspecified atom stereocenters. The summed E-state index contributed by atoms with van der Waals surface area (Å²) in [4.78, 5) is 39.5. The fourth-order valence-electron chi connectivity index (χ4n) is 5.07. The van der Waals surface area contributed by atoms with E-state index < -0.39 is 77.2 Å². The number of halogens is 6. The monoisotopic (exact) mass is 646 g/mol. The molecule has 0 bridgehead atoms. The second-order valence-electron chi connectivity index (χ2n) is 9.55. The molecule has 0 aliphatic carbocycles. The molecule has 3 aliphatic heterocycles. The summed E-state index contributed by atoms with van der Waals surface area (Å²) in [7, 11) is 0. The molecule has 3 amide bonds. The Morgan fingerprint density at radius 1 is 0.857 bits per heavy atom. The van der Waals surface area contributed by atoms with Crippen LogP contribution in [-0.2, 0) is 14.4 Å². The van der Waals surface area contributed by atoms with Crippen LogP contribution < -0.4 is 4.90 Å². The van der Waals surface area contributed by atoms with Crippen LogP contribution in [0.2, 0.25) is 0 Å². The first-order valence-electron chi connectivity index (χ1n) is 12.4. The SMILES string of the molecule is O=C1[C@H]2N=NN(CC(=O)N3N=C(c4ccc(Br)cc4)C[C@@H]3c3ccccc3)[C@H]2C(=O)N1c1c(F)c(F)c(F)c(F)c1F. The van der Waals surface area contributed by atoms with Gasteiger partial charge in [-0.05, 0) is 23.3 Å². The standard InChI is InChI=1S/C27H16BrF5N6O3/c28-14-8-6-12(7-9-14)15-10-16(13-4-2-1-3-5-13)39(35-15)17(40)11-37-25-23(34-36-37)26(41)38(27(25)42)24-21(32)19(30)18(29)20(31)22(24)33/h1-9,16,23,25H,10-11H2/t16-,23+,25-/m1/s1. The van der Waals surface area contributed by atoms with Gasteiger partial charge in [-0.3, -0.25) is 19.4 Å². The number of carbonyl (C=O) groups excluding carboxylic acids is 3. The Kier molecular flexibility index (Phi) is 6.83. The van der Waals surface area contributed by atoms with Crippen molar-refractivity contribution in [2.45, 2.75) is 24.5 Å². The highest BCUT2D eigenvalue weighted by atomic mass is 79.9. The van der Waals surface area contributed by atoms with E-state index >= 15 is 0 Å². The Balaban J connectivity index is 1.29. The maximum absolute atomic E-state index is 14.5. The van der Waals surface area contributed by atoms with Gasteiger partial charge >= 0.3 is 0 Å². The van der Waals surface area contributed by atoms with Crippen LogP contribution in [0.4, 0.5) is 27.6 Å². The summed E-state index contributed by atoms with van der Waals surface area (Å²) in [5.41, 5.74) is 0.428. The van der Waals surface area contributed by atoms with E-state index in [4.69, 9.17) is 0 Å². The van der Waals surface area contributed by atoms with Crippen molar-refractivity contribution in [1.29, 1.82) is 0 Å². The number of rotatable bonds is 5. The number of imide groups is 1. The molecular weight excluding hydrogens is 631 g/mol. The number of carbonyl (C=O) groups is 3. The van der Waals surface area contributed by atoms with Crippen molar-refractivity contribution in [3.63, 3.8) is 0 Å². The molecule has 3 aromatic rings. The van der Waals surface area contributed by atoms with E-state index in [0.717, 1.165) is 20.6 Å². The molecule has 3 heterocycles. The maximum Gasteiger partial charge on any atom is 0.264 e. The van der Waals surface area contributed by atoms with Crippen molar-refractivity contribution in [1.82, 2.24) is 10.0 Å². The number of hydrazone groups is 1. The molecule has 0 N–H and O–H groups in total. The zero-order valence-electron chi connectivity index (χ0n) is 21.0. The highest BCUT2D eigenvalue weighted by Gasteiger charge is 2.57. The minimum Gasteiger partial charge on any atom is -0.271 e. The van der Waals surface area contributed by atoms with E-state index in [1.54, 1.807) is 12.1 Å². The van der Waals surface area contributed by atoms with Gasteiger partial charge in [-0.15, -0.1) is 0 Å². The lowest BCUT2D eigenvalue weighted by atomic mass is 9.98. The second-order valence-corrected chi connectivity index (χ2v) is 10.5. The molecule has 214 valence electrons. The zero-order chi connectivity index (χ0) is 29.9. The predicted molar refractivity (Wildman–Crippen MR) is 139 cm³/mol. The van der Waals surface area contributed by atoms with Crippen molar-refractivity contribution in [2.24, 2.45) is 15.4 Å². The fourth-order valence-corrected chi connectivity index (χ4v) is 5.33. The highest BCUT2D eigenvalue weighted by Crippen LogP contribution is 2.38. The Hall–Kier alpha value is -4.53. The largest absolute Gasteiger partial charge is 0.271 e. The summed E-state index contributed by atoms with van der Waals surface area (Å²) < 4.78 is 71.1. The summed E-state index contributed by atoms with van der Waals surface area (Å²) in [5.74, 6) is -15.2. The molecule has 42 heavy (non-hydrogen) atoms. The van der Waals surface area contributed by atoms with Crippen LogP contribution in [0.1, 0.15) is 23.6 Å². The lowest BCUT2D eigenvalue weighted by Gasteiger charge is -2.25. The number of benzene rings is 3. The topological polar surface area (TPSA) is 98.0 Å². The van der Waals surface area contributed by atoms with Crippen LogP contribution in [0.3, 0.4) is 0 Å². The van der Waals surface area contributed by atoms with E-state index in [9.17, 15) is 36.3 Å². The minimum atomic E-state index is -2.44. The van der Waals surface area contributed by atoms with Gasteiger partial charge in [-0.2, -0.15) is 10.2 Å². The van der Waals surface area contributed by atoms with E-state index in [2.05, 4.69) is 31.4 Å². The molecule has 9 nitrogen and oxygen atoms in total. The smallest absolute Gasteiger partial charge is 0.264 e. The number of anilines is 1.